The SMILES string of the molecule is CC(N=C(N=C(N)c1cccs1)c1ccccc1)c1ccc(C(C)(C)c2ccc(C(N=C(N)c3ccccc3)=NC(C)c3cccs3)cc2)cc1. The first kappa shape index (κ1) is 35.4. The van der Waals surface area contributed by atoms with Crippen LogP contribution >= 0.6 is 22.7 Å². The van der Waals surface area contributed by atoms with E-state index in [9.17, 15) is 0 Å². The second-order valence-corrected chi connectivity index (χ2v) is 14.7. The molecule has 0 radical (unpaired) electrons. The zero-order valence-corrected chi connectivity index (χ0v) is 30.9. The van der Waals surface area contributed by atoms with Gasteiger partial charge in [0, 0.05) is 27.0 Å². The van der Waals surface area contributed by atoms with Gasteiger partial charge in [0.25, 0.3) is 0 Å². The molecule has 256 valence electrons. The van der Waals surface area contributed by atoms with E-state index in [1.807, 2.05) is 84.2 Å². The summed E-state index contributed by atoms with van der Waals surface area (Å²) in [6.45, 7) is 8.66. The lowest BCUT2D eigenvalue weighted by molar-refractivity contribution is 0.639. The molecule has 6 nitrogen and oxygen atoms in total. The quantitative estimate of drug-likeness (QED) is 0.109. The lowest BCUT2D eigenvalue weighted by atomic mass is 9.77. The van der Waals surface area contributed by atoms with Crippen molar-refractivity contribution in [1.82, 2.24) is 0 Å². The molecule has 0 fully saturated rings. The van der Waals surface area contributed by atoms with E-state index in [1.165, 1.54) is 16.0 Å². The summed E-state index contributed by atoms with van der Waals surface area (Å²) in [5.41, 5.74) is 18.8. The Morgan fingerprint density at radius 1 is 0.529 bits per heavy atom. The number of hydrogen-bond acceptors (Lipinski definition) is 4. The van der Waals surface area contributed by atoms with Gasteiger partial charge in [0.15, 0.2) is 11.7 Å². The fourth-order valence-corrected chi connectivity index (χ4v) is 7.07. The number of nitrogens with two attached hydrogens (primary N) is 2. The summed E-state index contributed by atoms with van der Waals surface area (Å²) in [5.74, 6) is 2.12. The van der Waals surface area contributed by atoms with Gasteiger partial charge in [-0.1, -0.05) is 135 Å². The van der Waals surface area contributed by atoms with Gasteiger partial charge in [-0.15, -0.1) is 22.7 Å². The smallest absolute Gasteiger partial charge is 0.157 e. The summed E-state index contributed by atoms with van der Waals surface area (Å²) >= 11 is 3.25. The molecule has 8 heteroatoms. The minimum atomic E-state index is -0.258. The van der Waals surface area contributed by atoms with Gasteiger partial charge in [0.2, 0.25) is 0 Å². The van der Waals surface area contributed by atoms with E-state index in [4.69, 9.17) is 31.4 Å². The molecule has 6 rings (SSSR count). The molecular weight excluding hydrogens is 665 g/mol. The van der Waals surface area contributed by atoms with Crippen LogP contribution in [0.3, 0.4) is 0 Å². The number of thiophene rings is 2. The first-order valence-electron chi connectivity index (χ1n) is 16.9. The molecule has 2 heterocycles. The van der Waals surface area contributed by atoms with E-state index < -0.39 is 0 Å². The van der Waals surface area contributed by atoms with Gasteiger partial charge in [-0.05, 0) is 53.4 Å². The summed E-state index contributed by atoms with van der Waals surface area (Å²) in [6, 6.07) is 44.9. The van der Waals surface area contributed by atoms with Crippen molar-refractivity contribution >= 4 is 46.0 Å². The molecule has 0 aliphatic carbocycles. The maximum absolute atomic E-state index is 6.49. The maximum atomic E-state index is 6.49. The Morgan fingerprint density at radius 2 is 1.04 bits per heavy atom. The molecule has 0 aliphatic heterocycles. The Balaban J connectivity index is 1.25. The first-order chi connectivity index (χ1) is 24.7. The van der Waals surface area contributed by atoms with Crippen LogP contribution in [0, 0.1) is 0 Å². The molecule has 0 saturated heterocycles. The fourth-order valence-electron chi connectivity index (χ4n) is 5.72. The number of aliphatic imine (C=N–C) groups is 4. The summed E-state index contributed by atoms with van der Waals surface area (Å²) in [4.78, 5) is 21.8. The van der Waals surface area contributed by atoms with Gasteiger partial charge in [-0.3, -0.25) is 9.98 Å². The highest BCUT2D eigenvalue weighted by molar-refractivity contribution is 7.12. The zero-order chi connectivity index (χ0) is 35.8. The third kappa shape index (κ3) is 8.66. The van der Waals surface area contributed by atoms with Gasteiger partial charge in [-0.2, -0.15) is 0 Å². The standard InChI is InChI=1S/C43H42N6S2/c1-29(46-41(33-15-9-6-10-16-33)49-40(45)38-18-12-28-51-38)31-19-23-35(24-20-31)43(3,4)36-25-21-34(22-26-36)42(47-30(2)37-17-11-27-50-37)48-39(44)32-13-7-5-8-14-32/h5-30H,1-4H3,(H2,44,47,48)(H2,45,46,49). The Kier molecular flexibility index (Phi) is 11.1. The molecule has 0 saturated carbocycles. The average Bonchev–Trinajstić information content (AvgIpc) is 3.91. The van der Waals surface area contributed by atoms with Crippen LogP contribution in [-0.2, 0) is 5.41 Å². The topological polar surface area (TPSA) is 101 Å². The van der Waals surface area contributed by atoms with E-state index in [2.05, 4.69) is 87.7 Å². The van der Waals surface area contributed by atoms with Crippen molar-refractivity contribution in [2.24, 2.45) is 31.4 Å². The van der Waals surface area contributed by atoms with Crippen LogP contribution in [-0.4, -0.2) is 23.3 Å². The van der Waals surface area contributed by atoms with Gasteiger partial charge >= 0.3 is 0 Å². The molecule has 6 aromatic rings. The molecule has 0 bridgehead atoms. The third-order valence-electron chi connectivity index (χ3n) is 8.89. The number of amidine groups is 4. The van der Waals surface area contributed by atoms with E-state index in [1.54, 1.807) is 22.7 Å². The van der Waals surface area contributed by atoms with E-state index in [0.717, 1.165) is 27.1 Å². The second-order valence-electron chi connectivity index (χ2n) is 12.8. The molecule has 2 aromatic heterocycles. The molecule has 0 spiro atoms. The minimum Gasteiger partial charge on any atom is -0.383 e. The fraction of sp³-hybridized carbons (Fsp3) is 0.163. The Bertz CT molecular complexity index is 2130. The lowest BCUT2D eigenvalue weighted by Gasteiger charge is -2.27. The highest BCUT2D eigenvalue weighted by Gasteiger charge is 2.24. The van der Waals surface area contributed by atoms with Crippen LogP contribution in [0.25, 0.3) is 0 Å². The number of rotatable bonds is 10. The van der Waals surface area contributed by atoms with Gasteiger partial charge in [0.05, 0.1) is 17.0 Å². The van der Waals surface area contributed by atoms with Gasteiger partial charge < -0.3 is 11.5 Å². The summed E-state index contributed by atoms with van der Waals surface area (Å²) < 4.78 is 0. The van der Waals surface area contributed by atoms with Crippen LogP contribution < -0.4 is 11.5 Å². The van der Waals surface area contributed by atoms with Crippen LogP contribution in [0.4, 0.5) is 0 Å². The van der Waals surface area contributed by atoms with Crippen molar-refractivity contribution in [3.05, 3.63) is 187 Å². The second kappa shape index (κ2) is 16.1. The van der Waals surface area contributed by atoms with Crippen molar-refractivity contribution in [2.75, 3.05) is 0 Å². The van der Waals surface area contributed by atoms with E-state index in [-0.39, 0.29) is 17.5 Å². The highest BCUT2D eigenvalue weighted by atomic mass is 32.1. The summed E-state index contributed by atoms with van der Waals surface area (Å²) in [6.07, 6.45) is 0. The average molecular weight is 707 g/mol. The monoisotopic (exact) mass is 706 g/mol. The lowest BCUT2D eigenvalue weighted by Crippen LogP contribution is -2.19. The van der Waals surface area contributed by atoms with Gasteiger partial charge in [-0.25, -0.2) is 9.98 Å². The molecule has 0 amide bonds. The molecule has 4 N–H and O–H groups in total. The van der Waals surface area contributed by atoms with E-state index >= 15 is 0 Å². The van der Waals surface area contributed by atoms with Crippen molar-refractivity contribution in [3.8, 4) is 0 Å². The Hall–Kier alpha value is -5.44. The number of nitrogens with zero attached hydrogens (tertiary/aromatic N) is 4. The number of hydrogen-bond donors (Lipinski definition) is 2. The molecule has 2 atom stereocenters. The Morgan fingerprint density at radius 3 is 1.61 bits per heavy atom. The molecule has 4 aromatic carbocycles. The number of benzene rings is 4. The normalized spacial score (nSPS) is 14.4. The molecule has 2 unspecified atom stereocenters. The molecule has 0 aliphatic rings. The third-order valence-corrected chi connectivity index (χ3v) is 10.8. The largest absolute Gasteiger partial charge is 0.383 e. The van der Waals surface area contributed by atoms with Crippen molar-refractivity contribution in [2.45, 2.75) is 45.2 Å². The van der Waals surface area contributed by atoms with Crippen molar-refractivity contribution in [3.63, 3.8) is 0 Å². The molecule has 51 heavy (non-hydrogen) atoms. The minimum absolute atomic E-state index is 0.0531. The van der Waals surface area contributed by atoms with Crippen LogP contribution in [0.5, 0.6) is 0 Å². The van der Waals surface area contributed by atoms with Crippen molar-refractivity contribution in [1.29, 1.82) is 0 Å². The first-order valence-corrected chi connectivity index (χ1v) is 18.7. The van der Waals surface area contributed by atoms with Crippen LogP contribution in [0.15, 0.2) is 164 Å². The Labute approximate surface area is 308 Å². The predicted octanol–water partition coefficient (Wildman–Crippen LogP) is 9.96. The van der Waals surface area contributed by atoms with Crippen molar-refractivity contribution < 1.29 is 0 Å². The van der Waals surface area contributed by atoms with E-state index in [0.29, 0.717) is 23.3 Å². The summed E-state index contributed by atoms with van der Waals surface area (Å²) in [7, 11) is 0. The summed E-state index contributed by atoms with van der Waals surface area (Å²) in [5, 5.41) is 4.06. The molecular formula is C43H42N6S2. The van der Waals surface area contributed by atoms with Gasteiger partial charge in [0.1, 0.15) is 11.7 Å². The highest BCUT2D eigenvalue weighted by Crippen LogP contribution is 2.33. The maximum Gasteiger partial charge on any atom is 0.157 e. The van der Waals surface area contributed by atoms with Crippen LogP contribution in [0.1, 0.15) is 82.9 Å². The predicted molar refractivity (Wildman–Crippen MR) is 218 cm³/mol. The van der Waals surface area contributed by atoms with Crippen LogP contribution in [0.2, 0.25) is 0 Å². The zero-order valence-electron chi connectivity index (χ0n) is 29.3.